The molecule has 6 nitrogen and oxygen atoms in total. The second-order valence-corrected chi connectivity index (χ2v) is 8.47. The normalized spacial score (nSPS) is 16.7. The van der Waals surface area contributed by atoms with Crippen LogP contribution in [-0.2, 0) is 7.05 Å². The average molecular weight is 402 g/mol. The maximum Gasteiger partial charge on any atom is 0.255 e. The SMILES string of the molecule is Cc1c(C(=O)N2CCC(C)C2)cn2nccc(Oc3ccc4c(c3)cc(C)n4C)c12. The lowest BCUT2D eigenvalue weighted by atomic mass is 10.1. The highest BCUT2D eigenvalue weighted by molar-refractivity contribution is 5.98. The van der Waals surface area contributed by atoms with E-state index in [1.54, 1.807) is 10.7 Å². The molecule has 3 aromatic heterocycles. The summed E-state index contributed by atoms with van der Waals surface area (Å²) in [7, 11) is 2.06. The smallest absolute Gasteiger partial charge is 0.255 e. The van der Waals surface area contributed by atoms with Crippen LogP contribution in [0.1, 0.15) is 35.0 Å². The third-order valence-corrected chi connectivity index (χ3v) is 6.31. The number of aryl methyl sites for hydroxylation is 3. The quantitative estimate of drug-likeness (QED) is 0.498. The molecule has 154 valence electrons. The summed E-state index contributed by atoms with van der Waals surface area (Å²) in [5, 5.41) is 5.56. The van der Waals surface area contributed by atoms with E-state index in [-0.39, 0.29) is 5.91 Å². The van der Waals surface area contributed by atoms with Gasteiger partial charge in [0.25, 0.3) is 5.91 Å². The number of ether oxygens (including phenoxy) is 1. The molecule has 4 heterocycles. The van der Waals surface area contributed by atoms with E-state index in [0.29, 0.717) is 17.2 Å². The molecule has 0 aliphatic carbocycles. The van der Waals surface area contributed by atoms with Crippen LogP contribution in [0, 0.1) is 19.8 Å². The summed E-state index contributed by atoms with van der Waals surface area (Å²) in [5.74, 6) is 2.10. The Bertz CT molecular complexity index is 1280. The molecule has 1 aliphatic heterocycles. The molecule has 6 heteroatoms. The molecule has 30 heavy (non-hydrogen) atoms. The fourth-order valence-corrected chi connectivity index (χ4v) is 4.47. The molecule has 1 unspecified atom stereocenters. The van der Waals surface area contributed by atoms with Crippen molar-refractivity contribution in [3.05, 3.63) is 59.5 Å². The molecular formula is C24H26N4O2. The van der Waals surface area contributed by atoms with Crippen LogP contribution >= 0.6 is 0 Å². The zero-order chi connectivity index (χ0) is 21.0. The number of likely N-dealkylation sites (tertiary alicyclic amines) is 1. The Morgan fingerprint density at radius 3 is 2.80 bits per heavy atom. The number of benzene rings is 1. The molecule has 1 aromatic carbocycles. The van der Waals surface area contributed by atoms with Crippen molar-refractivity contribution in [1.29, 1.82) is 0 Å². The van der Waals surface area contributed by atoms with Crippen LogP contribution in [-0.4, -0.2) is 38.1 Å². The van der Waals surface area contributed by atoms with E-state index in [2.05, 4.69) is 48.8 Å². The van der Waals surface area contributed by atoms with Crippen LogP contribution in [0.5, 0.6) is 11.5 Å². The molecule has 1 fully saturated rings. The van der Waals surface area contributed by atoms with Crippen molar-refractivity contribution >= 4 is 22.3 Å². The second kappa shape index (κ2) is 6.90. The zero-order valence-electron chi connectivity index (χ0n) is 17.8. The highest BCUT2D eigenvalue weighted by Gasteiger charge is 2.27. The van der Waals surface area contributed by atoms with Crippen LogP contribution in [0.3, 0.4) is 0 Å². The maximum absolute atomic E-state index is 13.1. The number of carbonyl (C=O) groups is 1. The minimum Gasteiger partial charge on any atom is -0.455 e. The first-order valence-electron chi connectivity index (χ1n) is 10.4. The largest absolute Gasteiger partial charge is 0.455 e. The Kier molecular flexibility index (Phi) is 4.31. The Morgan fingerprint density at radius 1 is 1.20 bits per heavy atom. The third kappa shape index (κ3) is 2.95. The van der Waals surface area contributed by atoms with Crippen molar-refractivity contribution in [1.82, 2.24) is 19.1 Å². The first-order chi connectivity index (χ1) is 14.4. The van der Waals surface area contributed by atoms with E-state index in [1.807, 2.05) is 30.2 Å². The topological polar surface area (TPSA) is 51.8 Å². The number of fused-ring (bicyclic) bond motifs is 2. The Labute approximate surface area is 175 Å². The highest BCUT2D eigenvalue weighted by Crippen LogP contribution is 2.33. The van der Waals surface area contributed by atoms with E-state index in [0.717, 1.165) is 41.7 Å². The number of hydrogen-bond acceptors (Lipinski definition) is 3. The predicted molar refractivity (Wildman–Crippen MR) is 117 cm³/mol. The third-order valence-electron chi connectivity index (χ3n) is 6.31. The summed E-state index contributed by atoms with van der Waals surface area (Å²) in [6.45, 7) is 7.89. The lowest BCUT2D eigenvalue weighted by Crippen LogP contribution is -2.28. The summed E-state index contributed by atoms with van der Waals surface area (Å²) in [5.41, 5.74) is 4.81. The Hall–Kier alpha value is -3.28. The van der Waals surface area contributed by atoms with Gasteiger partial charge in [-0.3, -0.25) is 4.79 Å². The van der Waals surface area contributed by atoms with Gasteiger partial charge in [0.05, 0.1) is 11.8 Å². The standard InChI is InChI=1S/C24H26N4O2/c1-15-8-10-27(13-15)24(29)20-14-28-23(17(20)3)22(7-9-25-28)30-19-5-6-21-18(12-19)11-16(2)26(21)4/h5-7,9,11-12,14-15H,8,10,13H2,1-4H3. The van der Waals surface area contributed by atoms with Gasteiger partial charge in [0.15, 0.2) is 5.75 Å². The molecule has 1 saturated heterocycles. The van der Waals surface area contributed by atoms with Gasteiger partial charge in [0.2, 0.25) is 0 Å². The van der Waals surface area contributed by atoms with Gasteiger partial charge in [-0.05, 0) is 56.0 Å². The van der Waals surface area contributed by atoms with Crippen molar-refractivity contribution in [2.45, 2.75) is 27.2 Å². The van der Waals surface area contributed by atoms with Gasteiger partial charge in [-0.25, -0.2) is 4.52 Å². The van der Waals surface area contributed by atoms with Crippen LogP contribution < -0.4 is 4.74 Å². The number of rotatable bonds is 3. The number of aromatic nitrogens is 3. The van der Waals surface area contributed by atoms with Gasteiger partial charge in [-0.1, -0.05) is 6.92 Å². The van der Waals surface area contributed by atoms with Crippen molar-refractivity contribution in [3.8, 4) is 11.5 Å². The van der Waals surface area contributed by atoms with Crippen molar-refractivity contribution in [2.75, 3.05) is 13.1 Å². The van der Waals surface area contributed by atoms with E-state index >= 15 is 0 Å². The number of nitrogens with zero attached hydrogens (tertiary/aromatic N) is 4. The first kappa shape index (κ1) is 18.7. The molecule has 0 radical (unpaired) electrons. The fourth-order valence-electron chi connectivity index (χ4n) is 4.47. The van der Waals surface area contributed by atoms with Crippen molar-refractivity contribution < 1.29 is 9.53 Å². The van der Waals surface area contributed by atoms with E-state index in [1.165, 1.54) is 11.2 Å². The molecule has 0 spiro atoms. The van der Waals surface area contributed by atoms with Crippen LogP contribution in [0.4, 0.5) is 0 Å². The summed E-state index contributed by atoms with van der Waals surface area (Å²) >= 11 is 0. The second-order valence-electron chi connectivity index (χ2n) is 8.47. The molecule has 1 amide bonds. The van der Waals surface area contributed by atoms with Gasteiger partial charge < -0.3 is 14.2 Å². The molecular weight excluding hydrogens is 376 g/mol. The summed E-state index contributed by atoms with van der Waals surface area (Å²) < 4.78 is 10.2. The lowest BCUT2D eigenvalue weighted by molar-refractivity contribution is 0.0787. The number of amides is 1. The maximum atomic E-state index is 13.1. The highest BCUT2D eigenvalue weighted by atomic mass is 16.5. The number of hydrogen-bond donors (Lipinski definition) is 0. The number of carbonyl (C=O) groups excluding carboxylic acids is 1. The van der Waals surface area contributed by atoms with E-state index in [4.69, 9.17) is 4.74 Å². The van der Waals surface area contributed by atoms with Crippen molar-refractivity contribution in [3.63, 3.8) is 0 Å². The van der Waals surface area contributed by atoms with Gasteiger partial charge >= 0.3 is 0 Å². The zero-order valence-corrected chi connectivity index (χ0v) is 17.8. The molecule has 0 bridgehead atoms. The summed E-state index contributed by atoms with van der Waals surface area (Å²) in [6.07, 6.45) is 4.60. The summed E-state index contributed by atoms with van der Waals surface area (Å²) in [4.78, 5) is 15.0. The lowest BCUT2D eigenvalue weighted by Gasteiger charge is -2.15. The minimum atomic E-state index is 0.0782. The van der Waals surface area contributed by atoms with Gasteiger partial charge in [-0.2, -0.15) is 5.10 Å². The van der Waals surface area contributed by atoms with Gasteiger partial charge in [0, 0.05) is 49.0 Å². The van der Waals surface area contributed by atoms with Crippen molar-refractivity contribution in [2.24, 2.45) is 13.0 Å². The van der Waals surface area contributed by atoms with E-state index in [9.17, 15) is 4.79 Å². The molecule has 5 rings (SSSR count). The molecule has 1 atom stereocenters. The molecule has 1 aliphatic rings. The first-order valence-corrected chi connectivity index (χ1v) is 10.4. The van der Waals surface area contributed by atoms with Crippen LogP contribution in [0.25, 0.3) is 16.4 Å². The fraction of sp³-hybridized carbons (Fsp3) is 0.333. The van der Waals surface area contributed by atoms with Crippen LogP contribution in [0.15, 0.2) is 42.7 Å². The Morgan fingerprint density at radius 2 is 2.03 bits per heavy atom. The van der Waals surface area contributed by atoms with E-state index < -0.39 is 0 Å². The van der Waals surface area contributed by atoms with Gasteiger partial charge in [0.1, 0.15) is 11.3 Å². The summed E-state index contributed by atoms with van der Waals surface area (Å²) in [6, 6.07) is 10.1. The van der Waals surface area contributed by atoms with Crippen LogP contribution in [0.2, 0.25) is 0 Å². The molecule has 0 saturated carbocycles. The predicted octanol–water partition coefficient (Wildman–Crippen LogP) is 4.72. The minimum absolute atomic E-state index is 0.0782. The molecule has 4 aromatic rings. The molecule has 0 N–H and O–H groups in total. The monoisotopic (exact) mass is 402 g/mol. The average Bonchev–Trinajstić information content (AvgIpc) is 3.38. The Balaban J connectivity index is 1.52. The van der Waals surface area contributed by atoms with Gasteiger partial charge in [-0.15, -0.1) is 0 Å².